The third kappa shape index (κ3) is 47.2. The standard InChI is InChI=1S/C12H26O4S.C12H24O2.2Na/c1-2-3-4-5-6-7-8-9-10-11-12-16-17(13,14)15;1-2-3-4-5-6-7-8-9-10-11-12(13)14;;/h2-12H2,1H3,(H,13,14,15);2-11H2,1H3,(H,13,14);;/q;;2*+1/p-2. The van der Waals surface area contributed by atoms with Crippen molar-refractivity contribution >= 4 is 16.4 Å². The van der Waals surface area contributed by atoms with E-state index < -0.39 is 16.4 Å². The largest absolute Gasteiger partial charge is 1.00 e. The fraction of sp³-hybridized carbons (Fsp3) is 0.958. The molecule has 0 radical (unpaired) electrons. The second-order valence-electron chi connectivity index (χ2n) is 8.36. The van der Waals surface area contributed by atoms with E-state index in [-0.39, 0.29) is 72.1 Å². The molecule has 0 aliphatic carbocycles. The van der Waals surface area contributed by atoms with Gasteiger partial charge >= 0.3 is 59.1 Å². The Hall–Kier alpha value is 1.34. The minimum atomic E-state index is -4.48. The minimum Gasteiger partial charge on any atom is -0.726 e. The first kappa shape index (κ1) is 41.5. The van der Waals surface area contributed by atoms with E-state index in [1.54, 1.807) is 0 Å². The van der Waals surface area contributed by atoms with Crippen molar-refractivity contribution in [2.45, 2.75) is 142 Å². The second kappa shape index (κ2) is 33.3. The molecule has 188 valence electrons. The van der Waals surface area contributed by atoms with Crippen LogP contribution in [0.15, 0.2) is 0 Å². The Balaban J connectivity index is -0.000000244. The zero-order chi connectivity index (χ0) is 23.6. The molecule has 6 nitrogen and oxygen atoms in total. The molecule has 0 rings (SSSR count). The summed E-state index contributed by atoms with van der Waals surface area (Å²) in [6, 6.07) is 0. The van der Waals surface area contributed by atoms with Crippen LogP contribution in [0.1, 0.15) is 142 Å². The van der Waals surface area contributed by atoms with E-state index in [0.717, 1.165) is 25.7 Å². The van der Waals surface area contributed by atoms with Crippen molar-refractivity contribution in [2.24, 2.45) is 0 Å². The Bertz CT molecular complexity index is 476. The van der Waals surface area contributed by atoms with Crippen molar-refractivity contribution < 1.29 is 86.2 Å². The SMILES string of the molecule is CCCCCCCCCCCC(=O)[O-].CCCCCCCCCCCCOS(=O)(=O)[O-].[Na+].[Na+]. The summed E-state index contributed by atoms with van der Waals surface area (Å²) < 4.78 is 34.5. The molecule has 0 aromatic heterocycles. The van der Waals surface area contributed by atoms with Crippen LogP contribution in [-0.4, -0.2) is 25.5 Å². The Morgan fingerprint density at radius 1 is 0.606 bits per heavy atom. The van der Waals surface area contributed by atoms with E-state index in [4.69, 9.17) is 0 Å². The average Bonchev–Trinajstić information content (AvgIpc) is 2.70. The van der Waals surface area contributed by atoms with Crippen molar-refractivity contribution in [3.63, 3.8) is 0 Å². The van der Waals surface area contributed by atoms with Crippen molar-refractivity contribution in [3.8, 4) is 0 Å². The number of hydrogen-bond donors (Lipinski definition) is 0. The monoisotopic (exact) mass is 510 g/mol. The van der Waals surface area contributed by atoms with Gasteiger partial charge in [-0.25, -0.2) is 8.42 Å². The van der Waals surface area contributed by atoms with Gasteiger partial charge in [0.15, 0.2) is 0 Å². The molecule has 0 heterocycles. The number of carboxylic acids is 1. The van der Waals surface area contributed by atoms with Gasteiger partial charge < -0.3 is 14.5 Å². The Morgan fingerprint density at radius 3 is 1.21 bits per heavy atom. The van der Waals surface area contributed by atoms with Gasteiger partial charge in [0, 0.05) is 5.97 Å². The van der Waals surface area contributed by atoms with Crippen LogP contribution in [0.25, 0.3) is 0 Å². The van der Waals surface area contributed by atoms with Crippen molar-refractivity contribution in [2.75, 3.05) is 6.61 Å². The summed E-state index contributed by atoms with van der Waals surface area (Å²) in [5.74, 6) is -0.909. The molecule has 0 saturated heterocycles. The maximum absolute atomic E-state index is 10.1. The summed E-state index contributed by atoms with van der Waals surface area (Å²) in [7, 11) is -4.48. The number of carbonyl (C=O) groups excluding carboxylic acids is 1. The van der Waals surface area contributed by atoms with Crippen LogP contribution in [0.4, 0.5) is 0 Å². The summed E-state index contributed by atoms with van der Waals surface area (Å²) >= 11 is 0. The first-order chi connectivity index (χ1) is 14.8. The van der Waals surface area contributed by atoms with Gasteiger partial charge in [-0.3, -0.25) is 4.18 Å². The first-order valence-corrected chi connectivity index (χ1v) is 14.0. The Morgan fingerprint density at radius 2 is 0.909 bits per heavy atom. The molecule has 0 saturated carbocycles. The number of rotatable bonds is 22. The van der Waals surface area contributed by atoms with Crippen LogP contribution in [0.2, 0.25) is 0 Å². The number of unbranched alkanes of at least 4 members (excludes halogenated alkanes) is 17. The van der Waals surface area contributed by atoms with Gasteiger partial charge in [0.2, 0.25) is 10.4 Å². The fourth-order valence-electron chi connectivity index (χ4n) is 3.33. The molecule has 0 spiro atoms. The summed E-state index contributed by atoms with van der Waals surface area (Å²) in [4.78, 5) is 10.1. The Kier molecular flexibility index (Phi) is 41.9. The van der Waals surface area contributed by atoms with Crippen LogP contribution in [-0.2, 0) is 19.4 Å². The summed E-state index contributed by atoms with van der Waals surface area (Å²) in [6.07, 6.45) is 22.9. The molecule has 0 aromatic rings. The predicted octanol–water partition coefficient (Wildman–Crippen LogP) is 0.0493. The smallest absolute Gasteiger partial charge is 0.726 e. The molecule has 33 heavy (non-hydrogen) atoms. The first-order valence-electron chi connectivity index (χ1n) is 12.6. The van der Waals surface area contributed by atoms with E-state index in [1.165, 1.54) is 89.9 Å². The molecule has 0 aliphatic rings. The van der Waals surface area contributed by atoms with Gasteiger partial charge in [0.1, 0.15) is 0 Å². The van der Waals surface area contributed by atoms with E-state index >= 15 is 0 Å². The molecule has 0 N–H and O–H groups in total. The average molecular weight is 511 g/mol. The molecule has 0 fully saturated rings. The zero-order valence-corrected chi connectivity index (χ0v) is 27.0. The normalized spacial score (nSPS) is 10.5. The molecule has 0 atom stereocenters. The molecule has 0 unspecified atom stereocenters. The van der Waals surface area contributed by atoms with Gasteiger partial charge in [0.25, 0.3) is 0 Å². The predicted molar refractivity (Wildman–Crippen MR) is 124 cm³/mol. The van der Waals surface area contributed by atoms with Crippen molar-refractivity contribution in [1.29, 1.82) is 0 Å². The molecular formula is C24H48Na2O6S. The molecule has 0 bridgehead atoms. The third-order valence-electron chi connectivity index (χ3n) is 5.21. The van der Waals surface area contributed by atoms with Gasteiger partial charge in [-0.1, -0.05) is 123 Å². The zero-order valence-electron chi connectivity index (χ0n) is 22.2. The van der Waals surface area contributed by atoms with Crippen molar-refractivity contribution in [3.05, 3.63) is 0 Å². The number of carbonyl (C=O) groups is 1. The molecule has 0 aliphatic heterocycles. The summed E-state index contributed by atoms with van der Waals surface area (Å²) in [5, 5.41) is 10.1. The maximum Gasteiger partial charge on any atom is 1.00 e. The van der Waals surface area contributed by atoms with Gasteiger partial charge in [-0.2, -0.15) is 0 Å². The molecule has 9 heteroatoms. The van der Waals surface area contributed by atoms with E-state index in [2.05, 4.69) is 18.0 Å². The summed E-state index contributed by atoms with van der Waals surface area (Å²) in [6.45, 7) is 4.46. The summed E-state index contributed by atoms with van der Waals surface area (Å²) in [5.41, 5.74) is 0. The van der Waals surface area contributed by atoms with E-state index in [1.807, 2.05) is 0 Å². The van der Waals surface area contributed by atoms with Crippen LogP contribution >= 0.6 is 0 Å². The quantitative estimate of drug-likeness (QED) is 0.0882. The number of aliphatic carboxylic acids is 1. The molecular weight excluding hydrogens is 462 g/mol. The van der Waals surface area contributed by atoms with Crippen LogP contribution in [0.3, 0.4) is 0 Å². The van der Waals surface area contributed by atoms with Crippen molar-refractivity contribution in [1.82, 2.24) is 0 Å². The van der Waals surface area contributed by atoms with Crippen LogP contribution < -0.4 is 64.2 Å². The van der Waals surface area contributed by atoms with Gasteiger partial charge in [-0.05, 0) is 19.3 Å². The topological polar surface area (TPSA) is 107 Å². The van der Waals surface area contributed by atoms with E-state index in [0.29, 0.717) is 6.42 Å². The van der Waals surface area contributed by atoms with Gasteiger partial charge in [0.05, 0.1) is 6.61 Å². The van der Waals surface area contributed by atoms with E-state index in [9.17, 15) is 22.9 Å². The minimum absolute atomic E-state index is 0. The molecule has 0 aromatic carbocycles. The third-order valence-corrected chi connectivity index (χ3v) is 5.67. The Labute approximate surface area is 249 Å². The fourth-order valence-corrected chi connectivity index (χ4v) is 3.65. The number of carboxylic acid groups (broad SMARTS) is 1. The van der Waals surface area contributed by atoms with Gasteiger partial charge in [-0.15, -0.1) is 0 Å². The van der Waals surface area contributed by atoms with Crippen LogP contribution in [0, 0.1) is 0 Å². The maximum atomic E-state index is 10.1. The number of hydrogen-bond acceptors (Lipinski definition) is 6. The molecule has 0 amide bonds. The van der Waals surface area contributed by atoms with Crippen LogP contribution in [0.5, 0.6) is 0 Å². The second-order valence-corrected chi connectivity index (χ2v) is 9.41.